The number of aromatic nitrogens is 3. The first kappa shape index (κ1) is 10.9. The molecule has 1 heterocycles. The first-order chi connectivity index (χ1) is 7.59. The molecule has 0 fully saturated rings. The molecule has 2 rings (SSSR count). The molecule has 0 aliphatic heterocycles. The lowest BCUT2D eigenvalue weighted by Gasteiger charge is -2.04. The number of hydrogen-bond donors (Lipinski definition) is 1. The fourth-order valence-corrected chi connectivity index (χ4v) is 1.71. The van der Waals surface area contributed by atoms with E-state index in [1.54, 1.807) is 18.2 Å². The maximum absolute atomic E-state index is 10.9. The number of primary amides is 1. The van der Waals surface area contributed by atoms with Crippen LogP contribution in [0.25, 0.3) is 5.69 Å². The summed E-state index contributed by atoms with van der Waals surface area (Å²) in [5.41, 5.74) is 5.53. The minimum Gasteiger partial charge on any atom is -0.364 e. The van der Waals surface area contributed by atoms with Gasteiger partial charge in [-0.05, 0) is 12.1 Å². The molecular weight excluding hydrogens is 251 g/mol. The molecule has 0 atom stereocenters. The Balaban J connectivity index is 2.54. The van der Waals surface area contributed by atoms with Gasteiger partial charge >= 0.3 is 0 Å². The Morgan fingerprint density at radius 2 is 1.94 bits per heavy atom. The smallest absolute Gasteiger partial charge is 0.270 e. The number of para-hydroxylation sites is 1. The van der Waals surface area contributed by atoms with Gasteiger partial charge in [0.25, 0.3) is 5.91 Å². The predicted octanol–water partition coefficient (Wildman–Crippen LogP) is 1.67. The van der Waals surface area contributed by atoms with Crippen molar-refractivity contribution in [1.29, 1.82) is 0 Å². The quantitative estimate of drug-likeness (QED) is 0.889. The van der Waals surface area contributed by atoms with Gasteiger partial charge in [-0.15, -0.1) is 9.90 Å². The molecule has 82 valence electrons. The Hall–Kier alpha value is -1.59. The number of rotatable bonds is 2. The van der Waals surface area contributed by atoms with E-state index < -0.39 is 5.91 Å². The van der Waals surface area contributed by atoms with Gasteiger partial charge in [-0.3, -0.25) is 4.79 Å². The molecule has 0 radical (unpaired) electrons. The summed E-state index contributed by atoms with van der Waals surface area (Å²) in [6.45, 7) is 0. The van der Waals surface area contributed by atoms with E-state index >= 15 is 0 Å². The molecule has 7 heteroatoms. The Kier molecular flexibility index (Phi) is 2.80. The normalized spacial score (nSPS) is 10.4. The molecule has 1 aromatic heterocycles. The van der Waals surface area contributed by atoms with Crippen molar-refractivity contribution in [3.8, 4) is 5.69 Å². The zero-order chi connectivity index (χ0) is 11.7. The zero-order valence-corrected chi connectivity index (χ0v) is 9.40. The second kappa shape index (κ2) is 4.11. The molecule has 0 bridgehead atoms. The molecule has 16 heavy (non-hydrogen) atoms. The summed E-state index contributed by atoms with van der Waals surface area (Å²) in [6.07, 6.45) is 1.25. The molecule has 1 aromatic carbocycles. The summed E-state index contributed by atoms with van der Waals surface area (Å²) in [6, 6.07) is 5.00. The summed E-state index contributed by atoms with van der Waals surface area (Å²) < 4.78 is 0. The Labute approximate surface area is 101 Å². The summed E-state index contributed by atoms with van der Waals surface area (Å²) in [7, 11) is 0. The molecular formula is C9H6Cl2N4O. The first-order valence-electron chi connectivity index (χ1n) is 4.26. The van der Waals surface area contributed by atoms with Crippen LogP contribution in [0.3, 0.4) is 0 Å². The molecule has 0 saturated heterocycles. The van der Waals surface area contributed by atoms with Gasteiger partial charge in [0.05, 0.1) is 16.2 Å². The van der Waals surface area contributed by atoms with Gasteiger partial charge in [0, 0.05) is 0 Å². The summed E-state index contributed by atoms with van der Waals surface area (Å²) in [5.74, 6) is -0.658. The number of hydrogen-bond acceptors (Lipinski definition) is 3. The van der Waals surface area contributed by atoms with Gasteiger partial charge in [-0.25, -0.2) is 0 Å². The highest BCUT2D eigenvalue weighted by Crippen LogP contribution is 2.26. The van der Waals surface area contributed by atoms with Crippen molar-refractivity contribution in [2.75, 3.05) is 0 Å². The van der Waals surface area contributed by atoms with Crippen LogP contribution in [0, 0.1) is 0 Å². The lowest BCUT2D eigenvalue weighted by Crippen LogP contribution is -2.12. The molecule has 2 aromatic rings. The third-order valence-corrected chi connectivity index (χ3v) is 2.49. The van der Waals surface area contributed by atoms with Crippen LogP contribution in [0.2, 0.25) is 10.0 Å². The minimum absolute atomic E-state index is 0.0518. The highest BCUT2D eigenvalue weighted by atomic mass is 35.5. The third kappa shape index (κ3) is 1.87. The first-order valence-corrected chi connectivity index (χ1v) is 5.01. The van der Waals surface area contributed by atoms with Crippen molar-refractivity contribution in [3.05, 3.63) is 40.1 Å². The van der Waals surface area contributed by atoms with Crippen LogP contribution >= 0.6 is 23.2 Å². The van der Waals surface area contributed by atoms with E-state index in [9.17, 15) is 4.79 Å². The van der Waals surface area contributed by atoms with E-state index in [0.29, 0.717) is 15.7 Å². The van der Waals surface area contributed by atoms with Gasteiger partial charge in [-0.1, -0.05) is 29.3 Å². The zero-order valence-electron chi connectivity index (χ0n) is 7.89. The lowest BCUT2D eigenvalue weighted by molar-refractivity contribution is 0.0995. The summed E-state index contributed by atoms with van der Waals surface area (Å²) >= 11 is 11.9. The van der Waals surface area contributed by atoms with Crippen LogP contribution in [0.4, 0.5) is 0 Å². The van der Waals surface area contributed by atoms with E-state index in [4.69, 9.17) is 28.9 Å². The van der Waals surface area contributed by atoms with Crippen molar-refractivity contribution in [1.82, 2.24) is 15.0 Å². The standard InChI is InChI=1S/C9H6Cl2N4O/c10-5-2-1-3-6(11)8(5)15-13-4-7(14-15)9(12)16/h1-4H,(H2,12,16). The predicted molar refractivity (Wildman–Crippen MR) is 59.9 cm³/mol. The molecule has 5 nitrogen and oxygen atoms in total. The average molecular weight is 257 g/mol. The van der Waals surface area contributed by atoms with Crippen LogP contribution < -0.4 is 5.73 Å². The van der Waals surface area contributed by atoms with E-state index in [-0.39, 0.29) is 5.69 Å². The fourth-order valence-electron chi connectivity index (χ4n) is 1.16. The van der Waals surface area contributed by atoms with Gasteiger partial charge in [0.2, 0.25) is 0 Å². The molecule has 0 aliphatic rings. The molecule has 0 unspecified atom stereocenters. The molecule has 0 saturated carbocycles. The van der Waals surface area contributed by atoms with Crippen molar-refractivity contribution in [2.45, 2.75) is 0 Å². The SMILES string of the molecule is NC(=O)c1cnn(-c2c(Cl)cccc2Cl)n1. The van der Waals surface area contributed by atoms with Crippen LogP contribution in [0.5, 0.6) is 0 Å². The summed E-state index contributed by atoms with van der Waals surface area (Å²) in [5, 5.41) is 8.51. The Morgan fingerprint density at radius 1 is 1.31 bits per heavy atom. The Morgan fingerprint density at radius 3 is 2.44 bits per heavy atom. The average Bonchev–Trinajstić information content (AvgIpc) is 2.66. The lowest BCUT2D eigenvalue weighted by atomic mass is 10.3. The van der Waals surface area contributed by atoms with Gasteiger partial charge < -0.3 is 5.73 Å². The van der Waals surface area contributed by atoms with E-state index in [1.807, 2.05) is 0 Å². The number of benzene rings is 1. The maximum Gasteiger partial charge on any atom is 0.270 e. The van der Waals surface area contributed by atoms with E-state index in [0.717, 1.165) is 0 Å². The topological polar surface area (TPSA) is 73.8 Å². The van der Waals surface area contributed by atoms with Crippen molar-refractivity contribution in [2.24, 2.45) is 5.73 Å². The molecule has 2 N–H and O–H groups in total. The van der Waals surface area contributed by atoms with E-state index in [2.05, 4.69) is 10.2 Å². The number of nitrogens with two attached hydrogens (primary N) is 1. The van der Waals surface area contributed by atoms with Crippen LogP contribution in [0.1, 0.15) is 10.5 Å². The second-order valence-corrected chi connectivity index (χ2v) is 3.77. The maximum atomic E-state index is 10.9. The number of halogens is 2. The number of nitrogens with zero attached hydrogens (tertiary/aromatic N) is 3. The van der Waals surface area contributed by atoms with Gasteiger partial charge in [0.15, 0.2) is 5.69 Å². The molecule has 1 amide bonds. The number of carbonyl (C=O) groups excluding carboxylic acids is 1. The minimum atomic E-state index is -0.658. The van der Waals surface area contributed by atoms with E-state index in [1.165, 1.54) is 11.0 Å². The highest BCUT2D eigenvalue weighted by Gasteiger charge is 2.12. The van der Waals surface area contributed by atoms with Crippen molar-refractivity contribution >= 4 is 29.1 Å². The van der Waals surface area contributed by atoms with Crippen LogP contribution in [-0.4, -0.2) is 20.9 Å². The number of amides is 1. The second-order valence-electron chi connectivity index (χ2n) is 2.95. The highest BCUT2D eigenvalue weighted by molar-refractivity contribution is 6.37. The van der Waals surface area contributed by atoms with Crippen LogP contribution in [-0.2, 0) is 0 Å². The monoisotopic (exact) mass is 256 g/mol. The number of carbonyl (C=O) groups is 1. The van der Waals surface area contributed by atoms with Crippen LogP contribution in [0.15, 0.2) is 24.4 Å². The van der Waals surface area contributed by atoms with Crippen molar-refractivity contribution < 1.29 is 4.79 Å². The summed E-state index contributed by atoms with van der Waals surface area (Å²) in [4.78, 5) is 12.0. The fraction of sp³-hybridized carbons (Fsp3) is 0. The Bertz CT molecular complexity index is 532. The molecule has 0 aliphatic carbocycles. The van der Waals surface area contributed by atoms with Gasteiger partial charge in [-0.2, -0.15) is 5.10 Å². The van der Waals surface area contributed by atoms with Crippen molar-refractivity contribution in [3.63, 3.8) is 0 Å². The van der Waals surface area contributed by atoms with Gasteiger partial charge in [0.1, 0.15) is 5.69 Å². The largest absolute Gasteiger partial charge is 0.364 e. The molecule has 0 spiro atoms. The third-order valence-electron chi connectivity index (χ3n) is 1.88.